The van der Waals surface area contributed by atoms with Gasteiger partial charge >= 0.3 is 0 Å². The van der Waals surface area contributed by atoms with Crippen LogP contribution in [0.2, 0.25) is 0 Å². The molecule has 34 heavy (non-hydrogen) atoms. The van der Waals surface area contributed by atoms with Crippen LogP contribution in [0, 0.1) is 13.8 Å². The Hall–Kier alpha value is -3.78. The number of carbonyl (C=O) groups is 2. The number of aryl methyl sites for hydroxylation is 2. The molecule has 1 aliphatic rings. The Morgan fingerprint density at radius 3 is 2.53 bits per heavy atom. The maximum atomic E-state index is 12.9. The van der Waals surface area contributed by atoms with E-state index >= 15 is 0 Å². The molecule has 176 valence electrons. The summed E-state index contributed by atoms with van der Waals surface area (Å²) in [4.78, 5) is 36.7. The Kier molecular flexibility index (Phi) is 7.18. The van der Waals surface area contributed by atoms with E-state index in [1.165, 1.54) is 0 Å². The third kappa shape index (κ3) is 5.77. The number of hydrogen-bond acceptors (Lipinski definition) is 6. The van der Waals surface area contributed by atoms with E-state index < -0.39 is 0 Å². The van der Waals surface area contributed by atoms with Gasteiger partial charge in [-0.25, -0.2) is 9.97 Å². The molecule has 3 N–H and O–H groups in total. The predicted octanol–water partition coefficient (Wildman–Crippen LogP) is 4.13. The van der Waals surface area contributed by atoms with Crippen molar-refractivity contribution in [2.75, 3.05) is 28.7 Å². The number of aromatic nitrogens is 2. The fourth-order valence-electron chi connectivity index (χ4n) is 3.83. The molecule has 3 aromatic rings. The zero-order valence-electron chi connectivity index (χ0n) is 19.8. The van der Waals surface area contributed by atoms with Crippen molar-refractivity contribution >= 4 is 29.0 Å². The van der Waals surface area contributed by atoms with Crippen LogP contribution < -0.4 is 20.9 Å². The van der Waals surface area contributed by atoms with Crippen molar-refractivity contribution in [2.24, 2.45) is 0 Å². The van der Waals surface area contributed by atoms with Gasteiger partial charge in [0, 0.05) is 18.8 Å². The molecular formula is C26H30N6O2. The molecule has 0 aliphatic carbocycles. The van der Waals surface area contributed by atoms with Gasteiger partial charge in [-0.3, -0.25) is 14.9 Å². The summed E-state index contributed by atoms with van der Waals surface area (Å²) in [7, 11) is 0. The second-order valence-corrected chi connectivity index (χ2v) is 8.75. The summed E-state index contributed by atoms with van der Waals surface area (Å²) in [6, 6.07) is 13.0. The fraction of sp³-hybridized carbons (Fsp3) is 0.308. The van der Waals surface area contributed by atoms with Gasteiger partial charge in [-0.15, -0.1) is 0 Å². The fourth-order valence-corrected chi connectivity index (χ4v) is 3.83. The second-order valence-electron chi connectivity index (χ2n) is 8.75. The Labute approximate surface area is 199 Å². The van der Waals surface area contributed by atoms with Crippen molar-refractivity contribution in [3.05, 3.63) is 77.2 Å². The first-order valence-corrected chi connectivity index (χ1v) is 11.5. The molecule has 0 spiro atoms. The molecule has 1 saturated heterocycles. The van der Waals surface area contributed by atoms with Gasteiger partial charge in [-0.05, 0) is 69.5 Å². The van der Waals surface area contributed by atoms with E-state index in [-0.39, 0.29) is 17.5 Å². The molecule has 1 atom stereocenters. The normalized spacial score (nSPS) is 16.0. The lowest BCUT2D eigenvalue weighted by Crippen LogP contribution is -2.35. The Morgan fingerprint density at radius 2 is 1.79 bits per heavy atom. The van der Waals surface area contributed by atoms with E-state index in [9.17, 15) is 9.59 Å². The van der Waals surface area contributed by atoms with Crippen molar-refractivity contribution in [2.45, 2.75) is 39.7 Å². The number of amides is 2. The van der Waals surface area contributed by atoms with E-state index in [0.717, 1.165) is 42.9 Å². The second kappa shape index (κ2) is 10.4. The van der Waals surface area contributed by atoms with Crippen LogP contribution in [0.15, 0.2) is 54.9 Å². The molecule has 8 nitrogen and oxygen atoms in total. The van der Waals surface area contributed by atoms with Crippen LogP contribution >= 0.6 is 0 Å². The molecule has 0 saturated carbocycles. The predicted molar refractivity (Wildman–Crippen MR) is 134 cm³/mol. The molecule has 0 bridgehead atoms. The monoisotopic (exact) mass is 458 g/mol. The number of rotatable bonds is 5. The van der Waals surface area contributed by atoms with Gasteiger partial charge in [-0.2, -0.15) is 0 Å². The van der Waals surface area contributed by atoms with Crippen molar-refractivity contribution in [1.82, 2.24) is 15.3 Å². The molecule has 1 aromatic carbocycles. The zero-order chi connectivity index (χ0) is 24.1. The van der Waals surface area contributed by atoms with Gasteiger partial charge in [-0.1, -0.05) is 17.7 Å². The van der Waals surface area contributed by atoms with Crippen LogP contribution in [0.1, 0.15) is 51.7 Å². The molecule has 3 heterocycles. The van der Waals surface area contributed by atoms with Crippen LogP contribution in [0.25, 0.3) is 0 Å². The topological polar surface area (TPSA) is 99.2 Å². The largest absolute Gasteiger partial charge is 0.358 e. The van der Waals surface area contributed by atoms with E-state index in [1.54, 1.807) is 36.7 Å². The molecule has 1 fully saturated rings. The number of anilines is 3. The summed E-state index contributed by atoms with van der Waals surface area (Å²) in [5.41, 5.74) is 3.93. The minimum atomic E-state index is -0.375. The summed E-state index contributed by atoms with van der Waals surface area (Å²) < 4.78 is 0. The van der Waals surface area contributed by atoms with E-state index in [4.69, 9.17) is 0 Å². The summed E-state index contributed by atoms with van der Waals surface area (Å²) in [5, 5.41) is 9.11. The molecule has 1 aliphatic heterocycles. The van der Waals surface area contributed by atoms with E-state index in [2.05, 4.69) is 37.7 Å². The number of nitrogens with zero attached hydrogens (tertiary/aromatic N) is 3. The molecular weight excluding hydrogens is 428 g/mol. The summed E-state index contributed by atoms with van der Waals surface area (Å²) >= 11 is 0. The molecule has 0 radical (unpaired) electrons. The highest BCUT2D eigenvalue weighted by atomic mass is 16.2. The Bertz CT molecular complexity index is 1160. The van der Waals surface area contributed by atoms with Crippen LogP contribution in [0.5, 0.6) is 0 Å². The SMILES string of the molecule is Cc1ccc(NC(=O)c2cc(C)ccc2NC(=O)c2ccc(N3CCCC(C)NC3)cn2)nc1. The highest BCUT2D eigenvalue weighted by Crippen LogP contribution is 2.21. The smallest absolute Gasteiger partial charge is 0.274 e. The van der Waals surface area contributed by atoms with Crippen LogP contribution in [-0.2, 0) is 0 Å². The lowest BCUT2D eigenvalue weighted by molar-refractivity contribution is 0.102. The van der Waals surface area contributed by atoms with E-state index in [0.29, 0.717) is 23.1 Å². The van der Waals surface area contributed by atoms with Gasteiger partial charge in [0.25, 0.3) is 11.8 Å². The highest BCUT2D eigenvalue weighted by molar-refractivity contribution is 6.12. The van der Waals surface area contributed by atoms with Gasteiger partial charge in [0.2, 0.25) is 0 Å². The first-order chi connectivity index (χ1) is 16.4. The highest BCUT2D eigenvalue weighted by Gasteiger charge is 2.18. The summed E-state index contributed by atoms with van der Waals surface area (Å²) in [6.45, 7) is 7.71. The van der Waals surface area contributed by atoms with Crippen molar-refractivity contribution in [1.29, 1.82) is 0 Å². The zero-order valence-corrected chi connectivity index (χ0v) is 19.8. The average Bonchev–Trinajstić information content (AvgIpc) is 3.06. The third-order valence-electron chi connectivity index (χ3n) is 5.86. The number of hydrogen-bond donors (Lipinski definition) is 3. The summed E-state index contributed by atoms with van der Waals surface area (Å²) in [6.07, 6.45) is 5.65. The van der Waals surface area contributed by atoms with Gasteiger partial charge in [0.05, 0.1) is 29.8 Å². The minimum Gasteiger partial charge on any atom is -0.358 e. The van der Waals surface area contributed by atoms with Crippen LogP contribution in [0.3, 0.4) is 0 Å². The number of nitrogens with one attached hydrogen (secondary N) is 3. The average molecular weight is 459 g/mol. The van der Waals surface area contributed by atoms with Gasteiger partial charge in [0.15, 0.2) is 0 Å². The van der Waals surface area contributed by atoms with Crippen molar-refractivity contribution < 1.29 is 9.59 Å². The first-order valence-electron chi connectivity index (χ1n) is 11.5. The van der Waals surface area contributed by atoms with Gasteiger partial charge in [0.1, 0.15) is 11.5 Å². The lowest BCUT2D eigenvalue weighted by Gasteiger charge is -2.22. The van der Waals surface area contributed by atoms with Crippen LogP contribution in [-0.4, -0.2) is 41.0 Å². The maximum absolute atomic E-state index is 12.9. The van der Waals surface area contributed by atoms with Crippen LogP contribution in [0.4, 0.5) is 17.2 Å². The quantitative estimate of drug-likeness (QED) is 0.532. The number of carbonyl (C=O) groups excluding carboxylic acids is 2. The first kappa shape index (κ1) is 23.4. The number of benzene rings is 1. The Morgan fingerprint density at radius 1 is 0.971 bits per heavy atom. The molecule has 1 unspecified atom stereocenters. The maximum Gasteiger partial charge on any atom is 0.274 e. The molecule has 2 amide bonds. The van der Waals surface area contributed by atoms with Crippen molar-refractivity contribution in [3.8, 4) is 0 Å². The standard InChI is InChI=1S/C26H30N6O2/c1-17-6-9-22(21(13-17)25(33)31-24-11-7-18(2)14-28-24)30-26(34)23-10-8-20(15-27-23)32-12-4-5-19(3)29-16-32/h6-11,13-15,19,29H,4-5,12,16H2,1-3H3,(H,30,34)(H,28,31,33). The third-order valence-corrected chi connectivity index (χ3v) is 5.86. The van der Waals surface area contributed by atoms with Gasteiger partial charge < -0.3 is 15.5 Å². The minimum absolute atomic E-state index is 0.284. The van der Waals surface area contributed by atoms with Crippen molar-refractivity contribution in [3.63, 3.8) is 0 Å². The molecule has 8 heteroatoms. The lowest BCUT2D eigenvalue weighted by atomic mass is 10.1. The Balaban J connectivity index is 1.47. The summed E-state index contributed by atoms with van der Waals surface area (Å²) in [5.74, 6) is -0.272. The molecule has 2 aromatic heterocycles. The van der Waals surface area contributed by atoms with E-state index in [1.807, 2.05) is 32.0 Å². The number of pyridine rings is 2. The molecule has 4 rings (SSSR count).